The molecule has 0 atom stereocenters. The lowest BCUT2D eigenvalue weighted by Crippen LogP contribution is -2.20. The summed E-state index contributed by atoms with van der Waals surface area (Å²) >= 11 is 0. The number of ether oxygens (including phenoxy) is 2. The molecule has 0 N–H and O–H groups in total. The van der Waals surface area contributed by atoms with Crippen molar-refractivity contribution >= 4 is 5.69 Å². The van der Waals surface area contributed by atoms with Crippen LogP contribution in [0.15, 0.2) is 18.2 Å². The number of nitrogens with zero attached hydrogens (tertiary/aromatic N) is 1. The van der Waals surface area contributed by atoms with Gasteiger partial charge in [-0.1, -0.05) is 6.07 Å². The molecule has 3 heteroatoms. The van der Waals surface area contributed by atoms with Crippen LogP contribution in [0.1, 0.15) is 5.56 Å². The molecule has 0 heterocycles. The first-order valence-corrected chi connectivity index (χ1v) is 4.53. The van der Waals surface area contributed by atoms with Crippen LogP contribution in [0.4, 0.5) is 5.69 Å². The van der Waals surface area contributed by atoms with Crippen LogP contribution in [0, 0.1) is 6.92 Å². The van der Waals surface area contributed by atoms with Crippen LogP contribution in [-0.4, -0.2) is 28.0 Å². The Morgan fingerprint density at radius 3 is 2.57 bits per heavy atom. The van der Waals surface area contributed by atoms with Gasteiger partial charge in [0.1, 0.15) is 12.5 Å². The summed E-state index contributed by atoms with van der Waals surface area (Å²) in [7, 11) is 5.33. The van der Waals surface area contributed by atoms with Crippen molar-refractivity contribution in [1.82, 2.24) is 0 Å². The van der Waals surface area contributed by atoms with E-state index in [-0.39, 0.29) is 0 Å². The van der Waals surface area contributed by atoms with Gasteiger partial charge in [0.25, 0.3) is 0 Å². The third-order valence-corrected chi connectivity index (χ3v) is 2.07. The first-order valence-electron chi connectivity index (χ1n) is 4.53. The van der Waals surface area contributed by atoms with E-state index in [4.69, 9.17) is 9.47 Å². The van der Waals surface area contributed by atoms with Gasteiger partial charge >= 0.3 is 0 Å². The van der Waals surface area contributed by atoms with E-state index in [0.29, 0.717) is 6.73 Å². The van der Waals surface area contributed by atoms with Gasteiger partial charge in [-0.2, -0.15) is 0 Å². The average molecular weight is 195 g/mol. The number of benzene rings is 1. The standard InChI is InChI=1S/C11H17NO2/c1-9-5-6-11(14-4)10(7-9)12(2)8-13-3/h5-7H,8H2,1-4H3. The normalized spacial score (nSPS) is 10.0. The van der Waals surface area contributed by atoms with Crippen molar-refractivity contribution in [2.45, 2.75) is 6.92 Å². The predicted molar refractivity (Wildman–Crippen MR) is 58.0 cm³/mol. The molecule has 0 fully saturated rings. The Kier molecular flexibility index (Phi) is 3.77. The van der Waals surface area contributed by atoms with Crippen LogP contribution in [0.5, 0.6) is 5.75 Å². The minimum absolute atomic E-state index is 0.555. The second kappa shape index (κ2) is 4.86. The molecular formula is C11H17NO2. The lowest BCUT2D eigenvalue weighted by Gasteiger charge is -2.21. The number of rotatable bonds is 4. The topological polar surface area (TPSA) is 21.7 Å². The Balaban J connectivity index is 2.97. The van der Waals surface area contributed by atoms with E-state index in [1.165, 1.54) is 5.56 Å². The minimum atomic E-state index is 0.555. The third-order valence-electron chi connectivity index (χ3n) is 2.07. The molecular weight excluding hydrogens is 178 g/mol. The van der Waals surface area contributed by atoms with Gasteiger partial charge in [-0.05, 0) is 24.6 Å². The molecule has 1 aromatic carbocycles. The molecule has 0 saturated carbocycles. The van der Waals surface area contributed by atoms with E-state index < -0.39 is 0 Å². The van der Waals surface area contributed by atoms with Crippen molar-refractivity contribution in [2.75, 3.05) is 32.9 Å². The van der Waals surface area contributed by atoms with Crippen LogP contribution < -0.4 is 9.64 Å². The SMILES string of the molecule is COCN(C)c1cc(C)ccc1OC. The van der Waals surface area contributed by atoms with Crippen molar-refractivity contribution in [3.63, 3.8) is 0 Å². The summed E-state index contributed by atoms with van der Waals surface area (Å²) in [5.74, 6) is 0.871. The smallest absolute Gasteiger partial charge is 0.142 e. The Morgan fingerprint density at radius 2 is 2.00 bits per heavy atom. The fraction of sp³-hybridized carbons (Fsp3) is 0.455. The summed E-state index contributed by atoms with van der Waals surface area (Å²) in [6.07, 6.45) is 0. The van der Waals surface area contributed by atoms with Gasteiger partial charge in [-0.3, -0.25) is 0 Å². The van der Waals surface area contributed by atoms with Crippen LogP contribution >= 0.6 is 0 Å². The summed E-state index contributed by atoms with van der Waals surface area (Å²) < 4.78 is 10.3. The van der Waals surface area contributed by atoms with E-state index in [1.807, 2.05) is 24.1 Å². The predicted octanol–water partition coefficient (Wildman–Crippen LogP) is 2.04. The summed E-state index contributed by atoms with van der Waals surface area (Å²) in [5, 5.41) is 0. The number of anilines is 1. The number of hydrogen-bond acceptors (Lipinski definition) is 3. The zero-order chi connectivity index (χ0) is 10.6. The summed E-state index contributed by atoms with van der Waals surface area (Å²) in [6, 6.07) is 6.08. The second-order valence-corrected chi connectivity index (χ2v) is 3.29. The molecule has 0 spiro atoms. The first-order chi connectivity index (χ1) is 6.69. The molecule has 14 heavy (non-hydrogen) atoms. The molecule has 0 saturated heterocycles. The Morgan fingerprint density at radius 1 is 1.29 bits per heavy atom. The molecule has 3 nitrogen and oxygen atoms in total. The zero-order valence-corrected chi connectivity index (χ0v) is 9.20. The maximum absolute atomic E-state index is 5.27. The molecule has 0 aliphatic carbocycles. The highest BCUT2D eigenvalue weighted by molar-refractivity contribution is 5.59. The highest BCUT2D eigenvalue weighted by Gasteiger charge is 2.07. The lowest BCUT2D eigenvalue weighted by atomic mass is 10.2. The molecule has 78 valence electrons. The Hall–Kier alpha value is -1.22. The van der Waals surface area contributed by atoms with Crippen molar-refractivity contribution in [3.05, 3.63) is 23.8 Å². The van der Waals surface area contributed by atoms with Gasteiger partial charge in [0.15, 0.2) is 0 Å². The van der Waals surface area contributed by atoms with Gasteiger partial charge in [-0.15, -0.1) is 0 Å². The zero-order valence-electron chi connectivity index (χ0n) is 9.20. The van der Waals surface area contributed by atoms with Crippen molar-refractivity contribution < 1.29 is 9.47 Å². The van der Waals surface area contributed by atoms with E-state index >= 15 is 0 Å². The third kappa shape index (κ3) is 2.39. The Labute approximate surface area is 85.2 Å². The number of methoxy groups -OCH3 is 2. The first kappa shape index (κ1) is 10.9. The van der Waals surface area contributed by atoms with Gasteiger partial charge in [0, 0.05) is 14.2 Å². The fourth-order valence-electron chi connectivity index (χ4n) is 1.36. The van der Waals surface area contributed by atoms with Gasteiger partial charge in [0.2, 0.25) is 0 Å². The molecule has 0 bridgehead atoms. The van der Waals surface area contributed by atoms with E-state index in [0.717, 1.165) is 11.4 Å². The lowest BCUT2D eigenvalue weighted by molar-refractivity contribution is 0.201. The maximum Gasteiger partial charge on any atom is 0.142 e. The molecule has 0 aromatic heterocycles. The van der Waals surface area contributed by atoms with Gasteiger partial charge in [0.05, 0.1) is 12.8 Å². The van der Waals surface area contributed by atoms with Gasteiger partial charge < -0.3 is 14.4 Å². The highest BCUT2D eigenvalue weighted by atomic mass is 16.5. The minimum Gasteiger partial charge on any atom is -0.495 e. The average Bonchev–Trinajstić information content (AvgIpc) is 2.18. The van der Waals surface area contributed by atoms with Gasteiger partial charge in [-0.25, -0.2) is 0 Å². The van der Waals surface area contributed by atoms with E-state index in [9.17, 15) is 0 Å². The molecule has 0 radical (unpaired) electrons. The molecule has 0 aliphatic rings. The van der Waals surface area contributed by atoms with Crippen LogP contribution in [0.2, 0.25) is 0 Å². The van der Waals surface area contributed by atoms with Crippen LogP contribution in [-0.2, 0) is 4.74 Å². The molecule has 0 unspecified atom stereocenters. The Bertz CT molecular complexity index is 299. The van der Waals surface area contributed by atoms with Crippen molar-refractivity contribution in [1.29, 1.82) is 0 Å². The summed E-state index contributed by atoms with van der Waals surface area (Å²) in [4.78, 5) is 2.01. The largest absolute Gasteiger partial charge is 0.495 e. The maximum atomic E-state index is 5.27. The van der Waals surface area contributed by atoms with Crippen molar-refractivity contribution in [2.24, 2.45) is 0 Å². The molecule has 0 aliphatic heterocycles. The number of hydrogen-bond donors (Lipinski definition) is 0. The number of aryl methyl sites for hydroxylation is 1. The summed E-state index contributed by atoms with van der Waals surface area (Å²) in [5.41, 5.74) is 2.26. The molecule has 1 aromatic rings. The summed E-state index contributed by atoms with van der Waals surface area (Å²) in [6.45, 7) is 2.61. The fourth-order valence-corrected chi connectivity index (χ4v) is 1.36. The van der Waals surface area contributed by atoms with E-state index in [2.05, 4.69) is 13.0 Å². The molecule has 1 rings (SSSR count). The highest BCUT2D eigenvalue weighted by Crippen LogP contribution is 2.27. The van der Waals surface area contributed by atoms with E-state index in [1.54, 1.807) is 14.2 Å². The van der Waals surface area contributed by atoms with Crippen molar-refractivity contribution in [3.8, 4) is 5.75 Å². The van der Waals surface area contributed by atoms with Crippen LogP contribution in [0.25, 0.3) is 0 Å². The van der Waals surface area contributed by atoms with Crippen LogP contribution in [0.3, 0.4) is 0 Å². The second-order valence-electron chi connectivity index (χ2n) is 3.29. The quantitative estimate of drug-likeness (QED) is 0.686. The molecule has 0 amide bonds. The monoisotopic (exact) mass is 195 g/mol.